The van der Waals surface area contributed by atoms with Crippen LogP contribution in [0.25, 0.3) is 10.4 Å². The van der Waals surface area contributed by atoms with Gasteiger partial charge in [-0.05, 0) is 41.5 Å². The molecular formula is C55H81N11O25S. The molecule has 7 heterocycles. The quantitative estimate of drug-likeness (QED) is 0.0516. The van der Waals surface area contributed by atoms with Gasteiger partial charge in [0.05, 0.1) is 57.6 Å². The van der Waals surface area contributed by atoms with Crippen LogP contribution in [-0.2, 0) is 58.9 Å². The van der Waals surface area contributed by atoms with E-state index in [4.69, 9.17) is 45.6 Å². The number of aliphatic hydroxyl groups excluding tert-OH is 13. The summed E-state index contributed by atoms with van der Waals surface area (Å²) in [6.07, 6.45) is -32.4. The lowest BCUT2D eigenvalue weighted by molar-refractivity contribution is -0.353. The second kappa shape index (κ2) is 30.8. The number of thiophene rings is 1. The Labute approximate surface area is 528 Å². The van der Waals surface area contributed by atoms with Crippen LogP contribution >= 0.6 is 11.3 Å². The lowest BCUT2D eigenvalue weighted by atomic mass is 9.94. The molecule has 4 fully saturated rings. The third-order valence-electron chi connectivity index (χ3n) is 16.6. The Kier molecular flexibility index (Phi) is 23.9. The molecule has 4 saturated heterocycles. The van der Waals surface area contributed by atoms with Crippen LogP contribution < -0.4 is 43.2 Å². The Hall–Kier alpha value is -6.44. The Balaban J connectivity index is 1.12. The molecule has 24 atom stereocenters. The molecule has 92 heavy (non-hydrogen) atoms. The maximum Gasteiger partial charge on any atom is 0.306 e. The topological polar surface area (TPSA) is 578 Å². The van der Waals surface area contributed by atoms with Crippen molar-refractivity contribution in [3.63, 3.8) is 0 Å². The molecule has 0 bridgehead atoms. The zero-order chi connectivity index (χ0) is 67.3. The van der Waals surface area contributed by atoms with E-state index in [0.717, 1.165) is 16.2 Å². The maximum absolute atomic E-state index is 15.3. The molecule has 0 radical (unpaired) electrons. The van der Waals surface area contributed by atoms with E-state index in [0.29, 0.717) is 9.78 Å². The number of guanidine groups is 2. The highest BCUT2D eigenvalue weighted by atomic mass is 32.1. The average Bonchev–Trinajstić information content (AvgIpc) is 1.55. The number of rotatable bonds is 21. The molecule has 1 aromatic carbocycles. The first-order chi connectivity index (χ1) is 43.7. The SMILES string of the molecule is CCC(N)C(=O)N1C(=O)[C@H](CO)NC(=O)[C@@H](C(O)C2CN=C(N)N2[C@H]2O[C@H](CO)[C@@H](O)[C@H](O)[C@@H]2O)NC(=O)[C@H](C(O)C2CN=C(N)N2)NC(=O)[C@@H]1Cc1ccc(O[C@H]2O[C@H](CO)[C@@H](O[C@H]3O[C@H](CO)[C@@H](O)[C@H](O)[C@@H]3OC(=O)CC(C)C)[C@H](O)[C@@H]2O)c(-c2cccs2)c1. The number of esters is 1. The smallest absolute Gasteiger partial charge is 0.306 e. The molecule has 0 aliphatic carbocycles. The Morgan fingerprint density at radius 1 is 0.728 bits per heavy atom. The van der Waals surface area contributed by atoms with Crippen LogP contribution in [0.2, 0.25) is 0 Å². The molecule has 36 nitrogen and oxygen atoms in total. The number of nitrogens with one attached hydrogen (secondary N) is 4. The van der Waals surface area contributed by atoms with Gasteiger partial charge in [-0.15, -0.1) is 11.3 Å². The highest BCUT2D eigenvalue weighted by Gasteiger charge is 2.55. The number of nitrogens with two attached hydrogens (primary N) is 3. The minimum absolute atomic E-state index is 0.0901. The first-order valence-electron chi connectivity index (χ1n) is 29.6. The van der Waals surface area contributed by atoms with E-state index < -0.39 is 227 Å². The van der Waals surface area contributed by atoms with Crippen molar-refractivity contribution in [1.82, 2.24) is 31.1 Å². The zero-order valence-corrected chi connectivity index (χ0v) is 50.7. The van der Waals surface area contributed by atoms with Crippen LogP contribution in [0.4, 0.5) is 0 Å². The summed E-state index contributed by atoms with van der Waals surface area (Å²) in [5.74, 6) is -8.65. The fourth-order valence-corrected chi connectivity index (χ4v) is 12.2. The van der Waals surface area contributed by atoms with Crippen molar-refractivity contribution >= 4 is 58.8 Å². The molecular weight excluding hydrogens is 1250 g/mol. The number of hydrogen-bond acceptors (Lipinski definition) is 33. The van der Waals surface area contributed by atoms with Gasteiger partial charge < -0.3 is 138 Å². The fourth-order valence-electron chi connectivity index (χ4n) is 11.4. The van der Waals surface area contributed by atoms with E-state index in [1.165, 1.54) is 25.1 Å². The van der Waals surface area contributed by atoms with Gasteiger partial charge in [0.1, 0.15) is 109 Å². The summed E-state index contributed by atoms with van der Waals surface area (Å²) in [7, 11) is 0. The molecule has 2 aromatic rings. The fraction of sp³-hybridized carbons (Fsp3) is 0.673. The first-order valence-corrected chi connectivity index (χ1v) is 30.5. The summed E-state index contributed by atoms with van der Waals surface area (Å²) in [5, 5.41) is 154. The average molecular weight is 1330 g/mol. The Bertz CT molecular complexity index is 2970. The van der Waals surface area contributed by atoms with E-state index in [-0.39, 0.29) is 48.1 Å². The normalized spacial score (nSPS) is 35.9. The number of aliphatic hydroxyl groups is 13. The molecule has 6 aliphatic rings. The number of benzene rings is 1. The number of hydrogen-bond donors (Lipinski definition) is 20. The van der Waals surface area contributed by atoms with Crippen molar-refractivity contribution in [2.75, 3.05) is 39.5 Å². The second-order valence-electron chi connectivity index (χ2n) is 23.3. The Morgan fingerprint density at radius 3 is 1.98 bits per heavy atom. The van der Waals surface area contributed by atoms with E-state index in [2.05, 4.69) is 31.3 Å². The summed E-state index contributed by atoms with van der Waals surface area (Å²) in [6.45, 7) is 0.106. The number of carbonyl (C=O) groups is 6. The Morgan fingerprint density at radius 2 is 1.36 bits per heavy atom. The molecule has 0 spiro atoms. The van der Waals surface area contributed by atoms with Crippen molar-refractivity contribution in [3.8, 4) is 16.2 Å². The van der Waals surface area contributed by atoms with Crippen LogP contribution in [0, 0.1) is 5.92 Å². The van der Waals surface area contributed by atoms with Crippen molar-refractivity contribution in [3.05, 3.63) is 41.3 Å². The second-order valence-corrected chi connectivity index (χ2v) is 24.3. The predicted octanol–water partition coefficient (Wildman–Crippen LogP) is -10.7. The molecule has 6 aliphatic heterocycles. The third kappa shape index (κ3) is 15.2. The first kappa shape index (κ1) is 71.4. The van der Waals surface area contributed by atoms with Crippen molar-refractivity contribution < 1.29 is 124 Å². The highest BCUT2D eigenvalue weighted by molar-refractivity contribution is 7.13. The van der Waals surface area contributed by atoms with E-state index in [1.807, 2.05) is 0 Å². The van der Waals surface area contributed by atoms with Crippen LogP contribution in [0.5, 0.6) is 5.75 Å². The van der Waals surface area contributed by atoms with E-state index in [1.54, 1.807) is 31.4 Å². The van der Waals surface area contributed by atoms with Crippen LogP contribution in [-0.4, -0.2) is 310 Å². The van der Waals surface area contributed by atoms with Gasteiger partial charge in [0, 0.05) is 23.3 Å². The predicted molar refractivity (Wildman–Crippen MR) is 312 cm³/mol. The maximum atomic E-state index is 15.3. The molecule has 0 saturated carbocycles. The van der Waals surface area contributed by atoms with Gasteiger partial charge in [-0.1, -0.05) is 32.9 Å². The number of aliphatic imine (C=N–C) groups is 2. The summed E-state index contributed by atoms with van der Waals surface area (Å²) in [6, 6.07) is -5.84. The van der Waals surface area contributed by atoms with Crippen LogP contribution in [0.1, 0.15) is 39.2 Å². The summed E-state index contributed by atoms with van der Waals surface area (Å²) in [5.41, 5.74) is 18.7. The lowest BCUT2D eigenvalue weighted by Gasteiger charge is -2.46. The van der Waals surface area contributed by atoms with Crippen molar-refractivity contribution in [2.45, 2.75) is 187 Å². The van der Waals surface area contributed by atoms with Crippen molar-refractivity contribution in [2.24, 2.45) is 33.1 Å². The van der Waals surface area contributed by atoms with Gasteiger partial charge >= 0.3 is 5.97 Å². The van der Waals surface area contributed by atoms with Crippen LogP contribution in [0.3, 0.4) is 0 Å². The molecule has 5 unspecified atom stereocenters. The van der Waals surface area contributed by atoms with E-state index in [9.17, 15) is 85.6 Å². The summed E-state index contributed by atoms with van der Waals surface area (Å²) < 4.78 is 35.0. The van der Waals surface area contributed by atoms with Gasteiger partial charge in [0.25, 0.3) is 5.91 Å². The molecule has 1 aromatic heterocycles. The number of imide groups is 1. The molecule has 37 heteroatoms. The molecule has 5 amide bonds. The van der Waals surface area contributed by atoms with Gasteiger partial charge in [-0.2, -0.15) is 0 Å². The number of nitrogens with zero attached hydrogens (tertiary/aromatic N) is 4. The van der Waals surface area contributed by atoms with Gasteiger partial charge in [0.2, 0.25) is 29.9 Å². The van der Waals surface area contributed by atoms with Gasteiger partial charge in [-0.3, -0.25) is 43.7 Å². The highest BCUT2D eigenvalue weighted by Crippen LogP contribution is 2.39. The number of amides is 5. The summed E-state index contributed by atoms with van der Waals surface area (Å²) in [4.78, 5) is 97.4. The minimum atomic E-state index is -2.30. The molecule has 8 rings (SSSR count). The van der Waals surface area contributed by atoms with Gasteiger partial charge in [0.15, 0.2) is 30.5 Å². The molecule has 23 N–H and O–H groups in total. The van der Waals surface area contributed by atoms with Crippen LogP contribution in [0.15, 0.2) is 45.7 Å². The van der Waals surface area contributed by atoms with E-state index >= 15 is 9.59 Å². The summed E-state index contributed by atoms with van der Waals surface area (Å²) >= 11 is 1.15. The minimum Gasteiger partial charge on any atom is -0.461 e. The third-order valence-corrected chi connectivity index (χ3v) is 17.5. The zero-order valence-electron chi connectivity index (χ0n) is 49.9. The van der Waals surface area contributed by atoms with Gasteiger partial charge in [-0.25, -0.2) is 0 Å². The molecule has 512 valence electrons. The number of ether oxygens (including phenoxy) is 6. The monoisotopic (exact) mass is 1330 g/mol. The van der Waals surface area contributed by atoms with Crippen molar-refractivity contribution in [1.29, 1.82) is 0 Å². The number of carbonyl (C=O) groups excluding carboxylic acids is 6. The standard InChI is InChI=1S/C55H81N11O25S/c1-4-22(56)49(84)65-25(12-20-7-8-27(21(11-20)31-6-5-9-92-31)87-52-43(80)41(78)44(30(18-70)89-52)91-53-45(90-32(71)10-19(2)3)40(77)38(75)29(17-69)88-53)46(81)63-33(35(72)23-13-59-54(57)62-23)48(83)64-34(47(82)61-24(15-67)50(65)85)36(73)26-14-60-55(58)66(26)51-42(79)39(76)37(74)28(16-68)86-51/h5-9,11,19,22-26,28-30,33-45,51-53,67-70,72-80H,4,10,12-18,56H2,1-3H3,(H2,58,60)(H,61,82)(H,63,81)(H,64,83)(H3,57,59,62)/t22?,23?,24-,25-,26?,28+,29+,30+,33-,34+,35?,36?,37+,38+,39-,40-,41+,42-,43-,44+,45-,51-,52-,53+/m0/s1. The lowest BCUT2D eigenvalue weighted by Crippen LogP contribution is -2.71. The largest absolute Gasteiger partial charge is 0.461 e.